The van der Waals surface area contributed by atoms with E-state index in [9.17, 15) is 0 Å². The van der Waals surface area contributed by atoms with Crippen molar-refractivity contribution in [3.8, 4) is 0 Å². The molecule has 1 aromatic rings. The van der Waals surface area contributed by atoms with Crippen LogP contribution in [0.2, 0.25) is 0 Å². The first kappa shape index (κ1) is 16.0. The van der Waals surface area contributed by atoms with E-state index in [0.717, 1.165) is 32.1 Å². The van der Waals surface area contributed by atoms with E-state index in [-0.39, 0.29) is 0 Å². The standard InChI is InChI=1S/C15H29N3O/c1-4-6-7-9-14(3)17-15-16-10-12-18(15)11-8-13-19-5-2/h10,12,14H,4-9,11,13H2,1-3H3,(H,16,17). The van der Waals surface area contributed by atoms with Gasteiger partial charge in [-0.05, 0) is 26.7 Å². The van der Waals surface area contributed by atoms with Crippen LogP contribution in [-0.4, -0.2) is 28.8 Å². The molecule has 1 aromatic heterocycles. The van der Waals surface area contributed by atoms with Crippen molar-refractivity contribution in [3.63, 3.8) is 0 Å². The van der Waals surface area contributed by atoms with Crippen LogP contribution in [0, 0.1) is 0 Å². The lowest BCUT2D eigenvalue weighted by atomic mass is 10.1. The van der Waals surface area contributed by atoms with Crippen LogP contribution in [-0.2, 0) is 11.3 Å². The van der Waals surface area contributed by atoms with Gasteiger partial charge in [0.25, 0.3) is 0 Å². The number of aryl methyl sites for hydroxylation is 1. The fourth-order valence-electron chi connectivity index (χ4n) is 2.10. The summed E-state index contributed by atoms with van der Waals surface area (Å²) >= 11 is 0. The Hall–Kier alpha value is -1.03. The molecule has 0 amide bonds. The minimum atomic E-state index is 0.486. The highest BCUT2D eigenvalue weighted by molar-refractivity contribution is 5.27. The highest BCUT2D eigenvalue weighted by atomic mass is 16.5. The second-order valence-corrected chi connectivity index (χ2v) is 5.04. The Kier molecular flexibility index (Phi) is 8.30. The lowest BCUT2D eigenvalue weighted by molar-refractivity contribution is 0.142. The van der Waals surface area contributed by atoms with Crippen LogP contribution in [0.15, 0.2) is 12.4 Å². The van der Waals surface area contributed by atoms with Crippen molar-refractivity contribution in [3.05, 3.63) is 12.4 Å². The SMILES string of the molecule is CCCCCC(C)Nc1nccn1CCCOCC. The first-order valence-electron chi connectivity index (χ1n) is 7.63. The predicted molar refractivity (Wildman–Crippen MR) is 80.6 cm³/mol. The van der Waals surface area contributed by atoms with Crippen molar-refractivity contribution >= 4 is 5.95 Å². The molecule has 0 fully saturated rings. The second-order valence-electron chi connectivity index (χ2n) is 5.04. The summed E-state index contributed by atoms with van der Waals surface area (Å²) in [7, 11) is 0. The largest absolute Gasteiger partial charge is 0.382 e. The molecule has 4 heteroatoms. The normalized spacial score (nSPS) is 12.6. The third-order valence-corrected chi connectivity index (χ3v) is 3.22. The van der Waals surface area contributed by atoms with Crippen molar-refractivity contribution in [1.29, 1.82) is 0 Å². The van der Waals surface area contributed by atoms with Gasteiger partial charge in [-0.25, -0.2) is 4.98 Å². The number of aromatic nitrogens is 2. The van der Waals surface area contributed by atoms with E-state index in [1.807, 2.05) is 19.3 Å². The van der Waals surface area contributed by atoms with Crippen molar-refractivity contribution in [2.75, 3.05) is 18.5 Å². The summed E-state index contributed by atoms with van der Waals surface area (Å²) in [6.07, 6.45) is 10.0. The van der Waals surface area contributed by atoms with Gasteiger partial charge in [0.2, 0.25) is 5.95 Å². The quantitative estimate of drug-likeness (QED) is 0.621. The van der Waals surface area contributed by atoms with Gasteiger partial charge >= 0.3 is 0 Å². The number of hydrogen-bond donors (Lipinski definition) is 1. The van der Waals surface area contributed by atoms with Crippen molar-refractivity contribution in [2.45, 2.75) is 65.5 Å². The molecule has 19 heavy (non-hydrogen) atoms. The van der Waals surface area contributed by atoms with Gasteiger partial charge in [-0.1, -0.05) is 26.2 Å². The van der Waals surface area contributed by atoms with Gasteiger partial charge in [0, 0.05) is 38.2 Å². The van der Waals surface area contributed by atoms with Crippen molar-refractivity contribution in [1.82, 2.24) is 9.55 Å². The number of hydrogen-bond acceptors (Lipinski definition) is 3. The van der Waals surface area contributed by atoms with Crippen LogP contribution in [0.25, 0.3) is 0 Å². The molecule has 0 bridgehead atoms. The summed E-state index contributed by atoms with van der Waals surface area (Å²) in [4.78, 5) is 4.39. The highest BCUT2D eigenvalue weighted by Crippen LogP contribution is 2.11. The maximum atomic E-state index is 5.36. The Morgan fingerprint density at radius 3 is 2.89 bits per heavy atom. The smallest absolute Gasteiger partial charge is 0.202 e. The molecule has 1 N–H and O–H groups in total. The minimum absolute atomic E-state index is 0.486. The molecule has 4 nitrogen and oxygen atoms in total. The predicted octanol–water partition coefficient (Wildman–Crippen LogP) is 3.69. The van der Waals surface area contributed by atoms with Gasteiger partial charge in [0.15, 0.2) is 0 Å². The van der Waals surface area contributed by atoms with E-state index in [1.165, 1.54) is 25.7 Å². The molecule has 110 valence electrons. The van der Waals surface area contributed by atoms with E-state index >= 15 is 0 Å². The number of anilines is 1. The molecule has 0 aliphatic heterocycles. The number of unbranched alkanes of at least 4 members (excludes halogenated alkanes) is 2. The molecule has 0 aliphatic carbocycles. The van der Waals surface area contributed by atoms with Crippen molar-refractivity contribution < 1.29 is 4.74 Å². The molecule has 0 spiro atoms. The summed E-state index contributed by atoms with van der Waals surface area (Å²) in [5, 5.41) is 3.50. The Labute approximate surface area is 117 Å². The van der Waals surface area contributed by atoms with Crippen LogP contribution < -0.4 is 5.32 Å². The number of nitrogens with one attached hydrogen (secondary N) is 1. The zero-order chi connectivity index (χ0) is 13.9. The highest BCUT2D eigenvalue weighted by Gasteiger charge is 2.06. The first-order chi connectivity index (χ1) is 9.27. The average molecular weight is 267 g/mol. The Bertz CT molecular complexity index is 325. The fourth-order valence-corrected chi connectivity index (χ4v) is 2.10. The van der Waals surface area contributed by atoms with Gasteiger partial charge in [0.1, 0.15) is 0 Å². The summed E-state index contributed by atoms with van der Waals surface area (Å²) in [6.45, 7) is 9.08. The van der Waals surface area contributed by atoms with Crippen LogP contribution >= 0.6 is 0 Å². The topological polar surface area (TPSA) is 39.1 Å². The van der Waals surface area contributed by atoms with Crippen LogP contribution in [0.1, 0.15) is 52.9 Å². The van der Waals surface area contributed by atoms with Gasteiger partial charge < -0.3 is 14.6 Å². The van der Waals surface area contributed by atoms with Crippen LogP contribution in [0.3, 0.4) is 0 Å². The summed E-state index contributed by atoms with van der Waals surface area (Å²) in [5.41, 5.74) is 0. The molecule has 0 saturated heterocycles. The molecule has 0 aromatic carbocycles. The number of ether oxygens (including phenoxy) is 1. The molecular formula is C15H29N3O. The Morgan fingerprint density at radius 2 is 2.16 bits per heavy atom. The number of nitrogens with zero attached hydrogens (tertiary/aromatic N) is 2. The lowest BCUT2D eigenvalue weighted by Crippen LogP contribution is -2.18. The summed E-state index contributed by atoms with van der Waals surface area (Å²) in [5.74, 6) is 0.987. The summed E-state index contributed by atoms with van der Waals surface area (Å²) in [6, 6.07) is 0.486. The summed E-state index contributed by atoms with van der Waals surface area (Å²) < 4.78 is 7.54. The molecule has 1 atom stereocenters. The second kappa shape index (κ2) is 9.84. The zero-order valence-electron chi connectivity index (χ0n) is 12.7. The molecule has 0 saturated carbocycles. The molecule has 0 radical (unpaired) electrons. The van der Waals surface area contributed by atoms with Crippen LogP contribution in [0.4, 0.5) is 5.95 Å². The average Bonchev–Trinajstić information content (AvgIpc) is 2.82. The Morgan fingerprint density at radius 1 is 1.32 bits per heavy atom. The fraction of sp³-hybridized carbons (Fsp3) is 0.800. The third-order valence-electron chi connectivity index (χ3n) is 3.22. The molecule has 0 aliphatic rings. The van der Waals surface area contributed by atoms with Gasteiger partial charge in [0.05, 0.1) is 0 Å². The molecule has 1 rings (SSSR count). The minimum Gasteiger partial charge on any atom is -0.382 e. The van der Waals surface area contributed by atoms with E-state index < -0.39 is 0 Å². The van der Waals surface area contributed by atoms with E-state index in [0.29, 0.717) is 6.04 Å². The van der Waals surface area contributed by atoms with E-state index in [4.69, 9.17) is 4.74 Å². The molecule has 1 unspecified atom stereocenters. The number of imidazole rings is 1. The van der Waals surface area contributed by atoms with Gasteiger partial charge in [-0.3, -0.25) is 0 Å². The maximum Gasteiger partial charge on any atom is 0.202 e. The zero-order valence-corrected chi connectivity index (χ0v) is 12.7. The Balaban J connectivity index is 2.30. The van der Waals surface area contributed by atoms with Gasteiger partial charge in [-0.15, -0.1) is 0 Å². The maximum absolute atomic E-state index is 5.36. The lowest BCUT2D eigenvalue weighted by Gasteiger charge is -2.16. The number of rotatable bonds is 11. The van der Waals surface area contributed by atoms with E-state index in [1.54, 1.807) is 0 Å². The molecular weight excluding hydrogens is 238 g/mol. The van der Waals surface area contributed by atoms with E-state index in [2.05, 4.69) is 28.7 Å². The van der Waals surface area contributed by atoms with Crippen LogP contribution in [0.5, 0.6) is 0 Å². The van der Waals surface area contributed by atoms with Gasteiger partial charge in [-0.2, -0.15) is 0 Å². The monoisotopic (exact) mass is 267 g/mol. The third kappa shape index (κ3) is 6.62. The molecule has 1 heterocycles. The first-order valence-corrected chi connectivity index (χ1v) is 7.63. The van der Waals surface area contributed by atoms with Crippen molar-refractivity contribution in [2.24, 2.45) is 0 Å².